The van der Waals surface area contributed by atoms with Crippen LogP contribution in [0.3, 0.4) is 0 Å². The smallest absolute Gasteiger partial charge is 0.279 e. The highest BCUT2D eigenvalue weighted by Gasteiger charge is 2.25. The number of carbonyl (C=O) groups excluding carboxylic acids is 1. The van der Waals surface area contributed by atoms with Gasteiger partial charge in [0.2, 0.25) is 5.88 Å². The Bertz CT molecular complexity index is 1140. The Hall–Kier alpha value is -2.22. The average Bonchev–Trinajstić information content (AvgIpc) is 3.22. The van der Waals surface area contributed by atoms with Crippen molar-refractivity contribution in [1.82, 2.24) is 4.57 Å². The van der Waals surface area contributed by atoms with Gasteiger partial charge in [-0.15, -0.1) is 11.3 Å². The average molecular weight is 377 g/mol. The predicted molar refractivity (Wildman–Crippen MR) is 92.4 cm³/mol. The number of thiazole rings is 1. The van der Waals surface area contributed by atoms with Crippen molar-refractivity contribution in [3.63, 3.8) is 0 Å². The fourth-order valence-electron chi connectivity index (χ4n) is 2.56. The molecule has 0 bridgehead atoms. The summed E-state index contributed by atoms with van der Waals surface area (Å²) in [4.78, 5) is 16.7. The first kappa shape index (κ1) is 15.3. The molecular formula is C16H9ClN2O3S2. The predicted octanol–water partition coefficient (Wildman–Crippen LogP) is 2.64. The van der Waals surface area contributed by atoms with E-state index >= 15 is 0 Å². The van der Waals surface area contributed by atoms with E-state index in [2.05, 4.69) is 4.99 Å². The van der Waals surface area contributed by atoms with Gasteiger partial charge in [-0.05, 0) is 42.5 Å². The summed E-state index contributed by atoms with van der Waals surface area (Å²) < 4.78 is 7.26. The Morgan fingerprint density at radius 3 is 2.96 bits per heavy atom. The van der Waals surface area contributed by atoms with E-state index in [0.29, 0.717) is 35.8 Å². The summed E-state index contributed by atoms with van der Waals surface area (Å²) in [7, 11) is 0. The first-order valence-corrected chi connectivity index (χ1v) is 8.53. The molecule has 1 N–H and O–H groups in total. The van der Waals surface area contributed by atoms with Gasteiger partial charge in [0.1, 0.15) is 10.6 Å². The second-order valence-electron chi connectivity index (χ2n) is 5.14. The number of amides is 1. The number of carbonyl (C=O) groups is 1. The second kappa shape index (κ2) is 5.70. The molecule has 24 heavy (non-hydrogen) atoms. The number of furan rings is 1. The van der Waals surface area contributed by atoms with Crippen LogP contribution in [0.1, 0.15) is 10.6 Å². The highest BCUT2D eigenvalue weighted by molar-refractivity contribution is 7.73. The van der Waals surface area contributed by atoms with Gasteiger partial charge in [0, 0.05) is 10.2 Å². The normalized spacial score (nSPS) is 13.2. The maximum atomic E-state index is 12.3. The highest BCUT2D eigenvalue weighted by Crippen LogP contribution is 2.33. The summed E-state index contributed by atoms with van der Waals surface area (Å²) in [5.74, 6) is 0.165. The van der Waals surface area contributed by atoms with Crippen molar-refractivity contribution in [3.8, 4) is 5.88 Å². The van der Waals surface area contributed by atoms with E-state index in [0.717, 1.165) is 11.3 Å². The number of benzene rings is 1. The largest absolute Gasteiger partial charge is 0.493 e. The number of aromatic nitrogens is 1. The number of aromatic hydroxyl groups is 1. The molecule has 3 aromatic rings. The van der Waals surface area contributed by atoms with Crippen LogP contribution < -0.4 is 10.6 Å². The lowest BCUT2D eigenvalue weighted by molar-refractivity contribution is -0.112. The zero-order chi connectivity index (χ0) is 16.8. The summed E-state index contributed by atoms with van der Waals surface area (Å²) in [5, 5.41) is 12.2. The van der Waals surface area contributed by atoms with Crippen molar-refractivity contribution < 1.29 is 14.3 Å². The molecule has 2 aromatic heterocycles. The van der Waals surface area contributed by atoms with Crippen LogP contribution in [0.2, 0.25) is 5.02 Å². The van der Waals surface area contributed by atoms with Crippen LogP contribution in [0.25, 0.3) is 5.57 Å². The second-order valence-corrected chi connectivity index (χ2v) is 7.22. The Morgan fingerprint density at radius 1 is 1.38 bits per heavy atom. The van der Waals surface area contributed by atoms with Gasteiger partial charge in [-0.25, -0.2) is 4.99 Å². The van der Waals surface area contributed by atoms with Crippen molar-refractivity contribution in [3.05, 3.63) is 66.8 Å². The number of fused-ring (bicyclic) bond motifs is 1. The molecule has 0 saturated carbocycles. The van der Waals surface area contributed by atoms with E-state index in [1.165, 1.54) is 4.57 Å². The molecule has 0 aliphatic carbocycles. The van der Waals surface area contributed by atoms with Gasteiger partial charge < -0.3 is 9.52 Å². The van der Waals surface area contributed by atoms with Gasteiger partial charge in [-0.2, -0.15) is 0 Å². The monoisotopic (exact) mass is 376 g/mol. The molecule has 8 heteroatoms. The lowest BCUT2D eigenvalue weighted by Gasteiger charge is -2.03. The highest BCUT2D eigenvalue weighted by atomic mass is 35.5. The SMILES string of the molecule is O=C1N=c2ccc(Cl)cc2=C1c1sc(=S)n(Cc2ccco2)c1O. The molecular weight excluding hydrogens is 368 g/mol. The molecule has 1 aliphatic heterocycles. The van der Waals surface area contributed by atoms with Crippen molar-refractivity contribution in [2.24, 2.45) is 4.99 Å². The van der Waals surface area contributed by atoms with Gasteiger partial charge in [0.25, 0.3) is 5.91 Å². The lowest BCUT2D eigenvalue weighted by Crippen LogP contribution is -2.22. The fraction of sp³-hybridized carbons (Fsp3) is 0.0625. The van der Waals surface area contributed by atoms with Crippen molar-refractivity contribution in [2.45, 2.75) is 6.54 Å². The number of nitrogens with zero attached hydrogens (tertiary/aromatic N) is 2. The summed E-state index contributed by atoms with van der Waals surface area (Å²) in [6, 6.07) is 8.56. The molecule has 1 aliphatic rings. The number of rotatable bonds is 3. The third kappa shape index (κ3) is 2.41. The maximum Gasteiger partial charge on any atom is 0.279 e. The van der Waals surface area contributed by atoms with E-state index < -0.39 is 5.91 Å². The third-order valence-electron chi connectivity index (χ3n) is 3.65. The van der Waals surface area contributed by atoms with Crippen LogP contribution in [-0.4, -0.2) is 15.6 Å². The molecule has 0 spiro atoms. The Labute approximate surface area is 149 Å². The molecule has 4 rings (SSSR count). The van der Waals surface area contributed by atoms with Crippen LogP contribution in [0.15, 0.2) is 46.0 Å². The van der Waals surface area contributed by atoms with Gasteiger partial charge in [-0.1, -0.05) is 11.6 Å². The van der Waals surface area contributed by atoms with Crippen molar-refractivity contribution in [1.29, 1.82) is 0 Å². The topological polar surface area (TPSA) is 67.7 Å². The number of hydrogen-bond donors (Lipinski definition) is 1. The van der Waals surface area contributed by atoms with E-state index in [4.69, 9.17) is 28.2 Å². The molecule has 1 amide bonds. The molecule has 0 fully saturated rings. The summed E-state index contributed by atoms with van der Waals surface area (Å²) >= 11 is 12.5. The minimum Gasteiger partial charge on any atom is -0.493 e. The lowest BCUT2D eigenvalue weighted by atomic mass is 10.1. The minimum absolute atomic E-state index is 0.0761. The molecule has 0 radical (unpaired) electrons. The first-order chi connectivity index (χ1) is 11.5. The molecule has 120 valence electrons. The summed E-state index contributed by atoms with van der Waals surface area (Å²) in [5.41, 5.74) is 0.319. The van der Waals surface area contributed by atoms with E-state index in [-0.39, 0.29) is 12.4 Å². The molecule has 0 unspecified atom stereocenters. The van der Waals surface area contributed by atoms with E-state index in [1.807, 2.05) is 0 Å². The van der Waals surface area contributed by atoms with Crippen LogP contribution in [0.4, 0.5) is 0 Å². The van der Waals surface area contributed by atoms with Crippen LogP contribution >= 0.6 is 35.2 Å². The van der Waals surface area contributed by atoms with Gasteiger partial charge in [-0.3, -0.25) is 9.36 Å². The van der Waals surface area contributed by atoms with Crippen LogP contribution in [-0.2, 0) is 11.3 Å². The summed E-state index contributed by atoms with van der Waals surface area (Å²) in [6.07, 6.45) is 1.55. The summed E-state index contributed by atoms with van der Waals surface area (Å²) in [6.45, 7) is 0.287. The zero-order valence-electron chi connectivity index (χ0n) is 12.0. The zero-order valence-corrected chi connectivity index (χ0v) is 14.4. The minimum atomic E-state index is -0.413. The van der Waals surface area contributed by atoms with Gasteiger partial charge >= 0.3 is 0 Å². The quantitative estimate of drug-likeness (QED) is 0.713. The molecule has 3 heterocycles. The molecule has 1 aromatic carbocycles. The standard InChI is InChI=1S/C16H9ClN2O3S2/c17-8-3-4-11-10(6-8)12(14(20)18-11)13-15(21)19(16(23)24-13)7-9-2-1-5-22-9/h1-6,21H,7H2. The molecule has 0 atom stereocenters. The number of halogens is 1. The molecule has 5 nitrogen and oxygen atoms in total. The van der Waals surface area contributed by atoms with Crippen LogP contribution in [0.5, 0.6) is 5.88 Å². The molecule has 0 saturated heterocycles. The van der Waals surface area contributed by atoms with E-state index in [1.54, 1.807) is 36.6 Å². The van der Waals surface area contributed by atoms with Crippen molar-refractivity contribution in [2.75, 3.05) is 0 Å². The first-order valence-electron chi connectivity index (χ1n) is 6.93. The third-order valence-corrected chi connectivity index (χ3v) is 5.34. The van der Waals surface area contributed by atoms with Crippen LogP contribution in [0, 0.1) is 3.95 Å². The fourth-order valence-corrected chi connectivity index (χ4v) is 4.07. The van der Waals surface area contributed by atoms with E-state index in [9.17, 15) is 9.90 Å². The Balaban J connectivity index is 1.93. The Morgan fingerprint density at radius 2 is 2.21 bits per heavy atom. The number of hydrogen-bond acceptors (Lipinski definition) is 5. The van der Waals surface area contributed by atoms with Gasteiger partial charge in [0.15, 0.2) is 3.95 Å². The van der Waals surface area contributed by atoms with Crippen molar-refractivity contribution >= 4 is 46.6 Å². The maximum absolute atomic E-state index is 12.3. The Kier molecular flexibility index (Phi) is 3.64. The van der Waals surface area contributed by atoms with Gasteiger partial charge in [0.05, 0.1) is 23.7 Å².